The van der Waals surface area contributed by atoms with Gasteiger partial charge in [-0.2, -0.15) is 0 Å². The van der Waals surface area contributed by atoms with Crippen molar-refractivity contribution in [3.63, 3.8) is 0 Å². The molecule has 0 aliphatic heterocycles. The van der Waals surface area contributed by atoms with E-state index in [9.17, 15) is 9.18 Å². The fraction of sp³-hybridized carbons (Fsp3) is 0.353. The van der Waals surface area contributed by atoms with Crippen molar-refractivity contribution in [1.82, 2.24) is 15.3 Å². The summed E-state index contributed by atoms with van der Waals surface area (Å²) >= 11 is 5.74. The molecule has 1 aromatic carbocycles. The summed E-state index contributed by atoms with van der Waals surface area (Å²) < 4.78 is 19.3. The number of aromatic nitrogens is 2. The Bertz CT molecular complexity index is 703. The van der Waals surface area contributed by atoms with Gasteiger partial charge in [0.2, 0.25) is 0 Å². The summed E-state index contributed by atoms with van der Waals surface area (Å²) in [4.78, 5) is 20.1. The molecule has 1 heterocycles. The third-order valence-corrected chi connectivity index (χ3v) is 4.19. The molecule has 1 amide bonds. The van der Waals surface area contributed by atoms with Crippen molar-refractivity contribution < 1.29 is 13.9 Å². The molecule has 0 atom stereocenters. The quantitative estimate of drug-likeness (QED) is 0.919. The van der Waals surface area contributed by atoms with Gasteiger partial charge >= 0.3 is 6.01 Å². The number of hydrogen-bond donors (Lipinski definition) is 1. The van der Waals surface area contributed by atoms with Crippen LogP contribution in [0, 0.1) is 5.82 Å². The fourth-order valence-electron chi connectivity index (χ4n) is 2.74. The van der Waals surface area contributed by atoms with Gasteiger partial charge in [-0.15, -0.1) is 0 Å². The van der Waals surface area contributed by atoms with E-state index >= 15 is 0 Å². The van der Waals surface area contributed by atoms with Gasteiger partial charge in [-0.05, 0) is 37.8 Å². The molecule has 2 aromatic rings. The van der Waals surface area contributed by atoms with Gasteiger partial charge in [0.05, 0.1) is 23.0 Å². The van der Waals surface area contributed by atoms with Crippen LogP contribution < -0.4 is 10.1 Å². The molecule has 7 heteroatoms. The minimum absolute atomic E-state index is 0.00721. The molecule has 0 bridgehead atoms. The third-order valence-electron chi connectivity index (χ3n) is 4.00. The maximum Gasteiger partial charge on any atom is 0.316 e. The fourth-order valence-corrected chi connectivity index (χ4v) is 2.84. The van der Waals surface area contributed by atoms with Crippen LogP contribution in [0.2, 0.25) is 5.02 Å². The summed E-state index contributed by atoms with van der Waals surface area (Å²) in [5.74, 6) is -0.884. The minimum Gasteiger partial charge on any atom is -0.460 e. The second kappa shape index (κ2) is 7.57. The topological polar surface area (TPSA) is 64.1 Å². The largest absolute Gasteiger partial charge is 0.460 e. The lowest BCUT2D eigenvalue weighted by atomic mass is 9.92. The van der Waals surface area contributed by atoms with E-state index in [-0.39, 0.29) is 23.6 Å². The highest BCUT2D eigenvalue weighted by atomic mass is 35.5. The molecular formula is C17H17ClFN3O2. The van der Waals surface area contributed by atoms with Crippen molar-refractivity contribution in [2.45, 2.75) is 37.8 Å². The number of amides is 1. The molecular weight excluding hydrogens is 333 g/mol. The Balaban J connectivity index is 1.49. The first-order chi connectivity index (χ1) is 11.6. The number of benzene rings is 1. The number of nitrogens with zero attached hydrogens (tertiary/aromatic N) is 2. The summed E-state index contributed by atoms with van der Waals surface area (Å²) in [5.41, 5.74) is 0.0745. The Hall–Kier alpha value is -2.21. The third kappa shape index (κ3) is 4.20. The predicted octanol–water partition coefficient (Wildman–Crippen LogP) is 3.39. The van der Waals surface area contributed by atoms with Crippen LogP contribution in [-0.2, 0) is 0 Å². The van der Waals surface area contributed by atoms with Crippen molar-refractivity contribution >= 4 is 17.5 Å². The second-order valence-corrected chi connectivity index (χ2v) is 6.17. The number of carbonyl (C=O) groups is 1. The number of hydrogen-bond acceptors (Lipinski definition) is 4. The molecule has 1 aromatic heterocycles. The first-order valence-corrected chi connectivity index (χ1v) is 8.19. The van der Waals surface area contributed by atoms with Crippen molar-refractivity contribution in [3.8, 4) is 6.01 Å². The molecule has 5 nitrogen and oxygen atoms in total. The zero-order valence-corrected chi connectivity index (χ0v) is 13.7. The van der Waals surface area contributed by atoms with Gasteiger partial charge in [0.25, 0.3) is 5.91 Å². The van der Waals surface area contributed by atoms with Crippen molar-refractivity contribution in [1.29, 1.82) is 0 Å². The second-order valence-electron chi connectivity index (χ2n) is 5.73. The van der Waals surface area contributed by atoms with Crippen molar-refractivity contribution in [2.75, 3.05) is 0 Å². The van der Waals surface area contributed by atoms with E-state index in [1.165, 1.54) is 24.5 Å². The maximum absolute atomic E-state index is 13.6. The van der Waals surface area contributed by atoms with Gasteiger partial charge in [0.1, 0.15) is 11.9 Å². The van der Waals surface area contributed by atoms with Crippen molar-refractivity contribution in [3.05, 3.63) is 53.1 Å². The van der Waals surface area contributed by atoms with Crippen LogP contribution in [0.3, 0.4) is 0 Å². The Morgan fingerprint density at radius 2 is 1.83 bits per heavy atom. The summed E-state index contributed by atoms with van der Waals surface area (Å²) in [7, 11) is 0. The van der Waals surface area contributed by atoms with Gasteiger partial charge in [-0.1, -0.05) is 23.7 Å². The molecule has 1 fully saturated rings. The van der Waals surface area contributed by atoms with E-state index in [4.69, 9.17) is 16.3 Å². The van der Waals surface area contributed by atoms with E-state index < -0.39 is 5.82 Å². The zero-order valence-electron chi connectivity index (χ0n) is 12.9. The molecule has 0 unspecified atom stereocenters. The first-order valence-electron chi connectivity index (χ1n) is 7.81. The molecule has 1 aliphatic carbocycles. The maximum atomic E-state index is 13.6. The van der Waals surface area contributed by atoms with Gasteiger partial charge in [-0.3, -0.25) is 4.79 Å². The van der Waals surface area contributed by atoms with E-state index in [1.54, 1.807) is 12.1 Å². The highest BCUT2D eigenvalue weighted by Gasteiger charge is 2.25. The summed E-state index contributed by atoms with van der Waals surface area (Å²) in [6, 6.07) is 6.30. The Labute approximate surface area is 144 Å². The van der Waals surface area contributed by atoms with Crippen LogP contribution in [0.1, 0.15) is 36.0 Å². The lowest BCUT2D eigenvalue weighted by Gasteiger charge is -2.28. The van der Waals surface area contributed by atoms with Crippen LogP contribution in [-0.4, -0.2) is 28.0 Å². The lowest BCUT2D eigenvalue weighted by molar-refractivity contribution is 0.0881. The van der Waals surface area contributed by atoms with Gasteiger partial charge in [-0.25, -0.2) is 14.4 Å². The van der Waals surface area contributed by atoms with Crippen LogP contribution in [0.4, 0.5) is 4.39 Å². The molecule has 1 aliphatic rings. The van der Waals surface area contributed by atoms with E-state index in [2.05, 4.69) is 15.3 Å². The molecule has 24 heavy (non-hydrogen) atoms. The highest BCUT2D eigenvalue weighted by molar-refractivity contribution is 6.30. The number of ether oxygens (including phenoxy) is 1. The van der Waals surface area contributed by atoms with Gasteiger partial charge < -0.3 is 10.1 Å². The Morgan fingerprint density at radius 3 is 2.50 bits per heavy atom. The minimum atomic E-state index is -0.507. The number of nitrogens with one attached hydrogen (secondary N) is 1. The zero-order chi connectivity index (χ0) is 16.9. The van der Waals surface area contributed by atoms with Gasteiger partial charge in [0, 0.05) is 6.04 Å². The molecule has 1 N–H and O–H groups in total. The lowest BCUT2D eigenvalue weighted by Crippen LogP contribution is -2.40. The van der Waals surface area contributed by atoms with Crippen LogP contribution in [0.5, 0.6) is 6.01 Å². The molecule has 0 radical (unpaired) electrons. The number of halogens is 2. The highest BCUT2D eigenvalue weighted by Crippen LogP contribution is 2.23. The summed E-state index contributed by atoms with van der Waals surface area (Å²) in [6.07, 6.45) is 6.06. The molecule has 0 spiro atoms. The first kappa shape index (κ1) is 16.6. The van der Waals surface area contributed by atoms with Crippen LogP contribution >= 0.6 is 11.6 Å². The smallest absolute Gasteiger partial charge is 0.316 e. The van der Waals surface area contributed by atoms with Crippen LogP contribution in [0.15, 0.2) is 36.7 Å². The van der Waals surface area contributed by atoms with E-state index in [0.29, 0.717) is 11.0 Å². The summed E-state index contributed by atoms with van der Waals surface area (Å²) in [6.45, 7) is 0. The van der Waals surface area contributed by atoms with Crippen molar-refractivity contribution in [2.24, 2.45) is 0 Å². The average molecular weight is 350 g/mol. The SMILES string of the molecule is O=C(NC1CCC(Oc2ncc(Cl)cn2)CC1)c1ccccc1F. The number of rotatable bonds is 4. The molecule has 3 rings (SSSR count). The van der Waals surface area contributed by atoms with E-state index in [0.717, 1.165) is 25.7 Å². The molecule has 126 valence electrons. The average Bonchev–Trinajstić information content (AvgIpc) is 2.59. The van der Waals surface area contributed by atoms with Gasteiger partial charge in [0.15, 0.2) is 0 Å². The summed E-state index contributed by atoms with van der Waals surface area (Å²) in [5, 5.41) is 3.34. The predicted molar refractivity (Wildman–Crippen MR) is 87.6 cm³/mol. The Morgan fingerprint density at radius 1 is 1.17 bits per heavy atom. The normalized spacial score (nSPS) is 20.4. The van der Waals surface area contributed by atoms with Crippen LogP contribution in [0.25, 0.3) is 0 Å². The molecule has 1 saturated carbocycles. The van der Waals surface area contributed by atoms with E-state index in [1.807, 2.05) is 0 Å². The monoisotopic (exact) mass is 349 g/mol. The standard InChI is InChI=1S/C17H17ClFN3O2/c18-11-9-20-17(21-10-11)24-13-7-5-12(6-8-13)22-16(23)14-3-1-2-4-15(14)19/h1-4,9-10,12-13H,5-8H2,(H,22,23). The number of carbonyl (C=O) groups excluding carboxylic acids is 1. The Kier molecular flexibility index (Phi) is 5.25. The molecule has 0 saturated heterocycles.